The number of benzene rings is 3. The second kappa shape index (κ2) is 9.51. The summed E-state index contributed by atoms with van der Waals surface area (Å²) in [5, 5.41) is 5.78. The van der Waals surface area contributed by atoms with Gasteiger partial charge in [0.25, 0.3) is 5.91 Å². The van der Waals surface area contributed by atoms with Gasteiger partial charge < -0.3 is 10.6 Å². The molecule has 1 fully saturated rings. The molecule has 0 aromatic heterocycles. The van der Waals surface area contributed by atoms with Crippen molar-refractivity contribution in [1.82, 2.24) is 16.2 Å². The van der Waals surface area contributed by atoms with Crippen LogP contribution in [0.5, 0.6) is 0 Å². The van der Waals surface area contributed by atoms with Crippen molar-refractivity contribution >= 4 is 17.5 Å². The highest BCUT2D eigenvalue weighted by Crippen LogP contribution is 2.25. The van der Waals surface area contributed by atoms with Gasteiger partial charge >= 0.3 is 0 Å². The second-order valence-corrected chi connectivity index (χ2v) is 7.40. The summed E-state index contributed by atoms with van der Waals surface area (Å²) in [6, 6.07) is 22.4. The molecule has 31 heavy (non-hydrogen) atoms. The lowest BCUT2D eigenvalue weighted by Gasteiger charge is -2.18. The van der Waals surface area contributed by atoms with E-state index in [1.54, 1.807) is 6.07 Å². The second-order valence-electron chi connectivity index (χ2n) is 7.40. The van der Waals surface area contributed by atoms with Crippen LogP contribution in [0.3, 0.4) is 0 Å². The molecule has 4 rings (SSSR count). The van der Waals surface area contributed by atoms with Crippen molar-refractivity contribution in [2.24, 2.45) is 5.92 Å². The Bertz CT molecular complexity index is 1060. The average Bonchev–Trinajstić information content (AvgIpc) is 3.29. The summed E-state index contributed by atoms with van der Waals surface area (Å²) < 4.78 is 13.0. The maximum Gasteiger partial charge on any atom is 0.255 e. The van der Waals surface area contributed by atoms with Crippen molar-refractivity contribution in [2.75, 3.05) is 11.9 Å². The molecule has 6 nitrogen and oxygen atoms in total. The first-order valence-corrected chi connectivity index (χ1v) is 10.1. The van der Waals surface area contributed by atoms with Crippen LogP contribution < -0.4 is 21.5 Å². The van der Waals surface area contributed by atoms with Crippen LogP contribution in [0.1, 0.15) is 27.5 Å². The van der Waals surface area contributed by atoms with Gasteiger partial charge in [-0.05, 0) is 47.5 Å². The number of hydrazine groups is 1. The third-order valence-electron chi connectivity index (χ3n) is 5.24. The smallest absolute Gasteiger partial charge is 0.255 e. The zero-order chi connectivity index (χ0) is 21.6. The van der Waals surface area contributed by atoms with Crippen molar-refractivity contribution < 1.29 is 14.0 Å². The third kappa shape index (κ3) is 5.14. The van der Waals surface area contributed by atoms with E-state index < -0.39 is 5.82 Å². The van der Waals surface area contributed by atoms with E-state index in [0.717, 1.165) is 11.1 Å². The Kier molecular flexibility index (Phi) is 6.35. The van der Waals surface area contributed by atoms with Gasteiger partial charge in [0.15, 0.2) is 0 Å². The molecule has 1 aliphatic rings. The van der Waals surface area contributed by atoms with Gasteiger partial charge in [-0.3, -0.25) is 15.0 Å². The molecule has 0 spiro atoms. The maximum atomic E-state index is 13.0. The lowest BCUT2D eigenvalue weighted by molar-refractivity contribution is -0.125. The molecule has 3 aromatic rings. The molecule has 2 amide bonds. The predicted molar refractivity (Wildman–Crippen MR) is 116 cm³/mol. The summed E-state index contributed by atoms with van der Waals surface area (Å²) in [6.07, 6.45) is 0. The van der Waals surface area contributed by atoms with Crippen molar-refractivity contribution in [2.45, 2.75) is 12.6 Å². The zero-order valence-corrected chi connectivity index (χ0v) is 16.8. The molecule has 1 aliphatic heterocycles. The third-order valence-corrected chi connectivity index (χ3v) is 5.24. The summed E-state index contributed by atoms with van der Waals surface area (Å²) >= 11 is 0. The van der Waals surface area contributed by atoms with Crippen LogP contribution in [0.15, 0.2) is 78.9 Å². The van der Waals surface area contributed by atoms with E-state index >= 15 is 0 Å². The Morgan fingerprint density at radius 1 is 0.968 bits per heavy atom. The van der Waals surface area contributed by atoms with Gasteiger partial charge in [0, 0.05) is 24.3 Å². The normalized spacial score (nSPS) is 17.8. The largest absolute Gasteiger partial charge is 0.352 e. The van der Waals surface area contributed by atoms with Crippen LogP contribution in [0.4, 0.5) is 10.1 Å². The zero-order valence-electron chi connectivity index (χ0n) is 16.8. The minimum Gasteiger partial charge on any atom is -0.352 e. The fourth-order valence-corrected chi connectivity index (χ4v) is 3.60. The quantitative estimate of drug-likeness (QED) is 0.496. The molecule has 7 heteroatoms. The van der Waals surface area contributed by atoms with Crippen molar-refractivity contribution in [3.63, 3.8) is 0 Å². The van der Waals surface area contributed by atoms with Gasteiger partial charge in [-0.15, -0.1) is 0 Å². The van der Waals surface area contributed by atoms with Gasteiger partial charge in [0.1, 0.15) is 5.82 Å². The van der Waals surface area contributed by atoms with Gasteiger partial charge in [-0.1, -0.05) is 42.5 Å². The minimum absolute atomic E-state index is 0.0490. The van der Waals surface area contributed by atoms with Gasteiger partial charge in [0.05, 0.1) is 12.0 Å². The monoisotopic (exact) mass is 418 g/mol. The Hall–Kier alpha value is -3.55. The van der Waals surface area contributed by atoms with E-state index in [4.69, 9.17) is 0 Å². The lowest BCUT2D eigenvalue weighted by atomic mass is 9.94. The standard InChI is InChI=1S/C24H23FN4O2/c25-19-11-9-18(10-12-19)23(30)28-20-8-4-5-16(13-20)14-26-24(31)21-15-27-29-22(21)17-6-2-1-3-7-17/h1-13,21-22,27,29H,14-15H2,(H,26,31)(H,28,30). The van der Waals surface area contributed by atoms with E-state index in [1.807, 2.05) is 48.5 Å². The minimum atomic E-state index is -0.392. The van der Waals surface area contributed by atoms with Gasteiger partial charge in [-0.2, -0.15) is 0 Å². The number of nitrogens with one attached hydrogen (secondary N) is 4. The van der Waals surface area contributed by atoms with E-state index in [2.05, 4.69) is 21.5 Å². The highest BCUT2D eigenvalue weighted by molar-refractivity contribution is 6.04. The number of anilines is 1. The first-order valence-electron chi connectivity index (χ1n) is 10.1. The van der Waals surface area contributed by atoms with Crippen LogP contribution in [-0.2, 0) is 11.3 Å². The fourth-order valence-electron chi connectivity index (χ4n) is 3.60. The van der Waals surface area contributed by atoms with Gasteiger partial charge in [-0.25, -0.2) is 9.82 Å². The topological polar surface area (TPSA) is 82.3 Å². The van der Waals surface area contributed by atoms with E-state index in [0.29, 0.717) is 24.3 Å². The van der Waals surface area contributed by atoms with Crippen LogP contribution in [-0.4, -0.2) is 18.4 Å². The Balaban J connectivity index is 1.36. The fraction of sp³-hybridized carbons (Fsp3) is 0.167. The Morgan fingerprint density at radius 3 is 2.52 bits per heavy atom. The van der Waals surface area contributed by atoms with Gasteiger partial charge in [0.2, 0.25) is 5.91 Å². The molecule has 1 heterocycles. The molecule has 4 N–H and O–H groups in total. The number of carbonyl (C=O) groups is 2. The highest BCUT2D eigenvalue weighted by atomic mass is 19.1. The average molecular weight is 418 g/mol. The predicted octanol–water partition coefficient (Wildman–Crippen LogP) is 3.16. The molecule has 2 atom stereocenters. The summed E-state index contributed by atoms with van der Waals surface area (Å²) in [7, 11) is 0. The lowest BCUT2D eigenvalue weighted by Crippen LogP contribution is -2.34. The summed E-state index contributed by atoms with van der Waals surface area (Å²) in [4.78, 5) is 25.1. The van der Waals surface area contributed by atoms with Crippen LogP contribution in [0, 0.1) is 11.7 Å². The summed E-state index contributed by atoms with van der Waals surface area (Å²) in [5.74, 6) is -0.998. The first-order chi connectivity index (χ1) is 15.1. The molecule has 0 radical (unpaired) electrons. The molecule has 1 saturated heterocycles. The van der Waals surface area contributed by atoms with E-state index in [1.165, 1.54) is 24.3 Å². The number of hydrogen-bond donors (Lipinski definition) is 4. The van der Waals surface area contributed by atoms with Crippen LogP contribution >= 0.6 is 0 Å². The first kappa shape index (κ1) is 20.7. The summed E-state index contributed by atoms with van der Waals surface area (Å²) in [5.41, 5.74) is 9.13. The van der Waals surface area contributed by atoms with Crippen LogP contribution in [0.2, 0.25) is 0 Å². The van der Waals surface area contributed by atoms with Crippen LogP contribution in [0.25, 0.3) is 0 Å². The number of hydrogen-bond acceptors (Lipinski definition) is 4. The molecule has 3 aromatic carbocycles. The SMILES string of the molecule is O=C(Nc1cccc(CNC(=O)C2CNNC2c2ccccc2)c1)c1ccc(F)cc1. The number of carbonyl (C=O) groups excluding carboxylic acids is 2. The Labute approximate surface area is 179 Å². The molecule has 0 bridgehead atoms. The molecule has 0 aliphatic carbocycles. The number of rotatable bonds is 6. The molecule has 2 unspecified atom stereocenters. The maximum absolute atomic E-state index is 13.0. The number of amides is 2. The molecule has 158 valence electrons. The summed E-state index contributed by atoms with van der Waals surface area (Å²) in [6.45, 7) is 0.885. The van der Waals surface area contributed by atoms with Crippen molar-refractivity contribution in [3.05, 3.63) is 101 Å². The number of halogens is 1. The van der Waals surface area contributed by atoms with Crippen molar-refractivity contribution in [1.29, 1.82) is 0 Å². The molecule has 0 saturated carbocycles. The molecular weight excluding hydrogens is 395 g/mol. The van der Waals surface area contributed by atoms with Crippen molar-refractivity contribution in [3.8, 4) is 0 Å². The highest BCUT2D eigenvalue weighted by Gasteiger charge is 2.33. The molecular formula is C24H23FN4O2. The van der Waals surface area contributed by atoms with E-state index in [9.17, 15) is 14.0 Å². The Morgan fingerprint density at radius 2 is 1.74 bits per heavy atom. The van der Waals surface area contributed by atoms with E-state index in [-0.39, 0.29) is 23.8 Å².